The summed E-state index contributed by atoms with van der Waals surface area (Å²) in [6.45, 7) is 5.78. The van der Waals surface area contributed by atoms with Crippen LogP contribution in [0, 0.1) is 5.92 Å². The van der Waals surface area contributed by atoms with Gasteiger partial charge in [-0.15, -0.1) is 11.3 Å². The van der Waals surface area contributed by atoms with Crippen LogP contribution in [0.1, 0.15) is 25.1 Å². The maximum Gasteiger partial charge on any atom is 0.0795 e. The molecule has 3 nitrogen and oxygen atoms in total. The largest absolute Gasteiger partial charge is 0.309 e. The maximum atomic E-state index is 4.32. The van der Waals surface area contributed by atoms with Gasteiger partial charge in [-0.1, -0.05) is 0 Å². The standard InChI is InChI=1S/C11H19N3S/c1-9(11-7-15-8-13-11)12-5-10-3-4-14(2)6-10/h7-10,12H,3-6H2,1-2H3. The zero-order chi connectivity index (χ0) is 10.7. The van der Waals surface area contributed by atoms with Crippen LogP contribution in [0.5, 0.6) is 0 Å². The first-order valence-electron chi connectivity index (χ1n) is 5.55. The van der Waals surface area contributed by atoms with Gasteiger partial charge < -0.3 is 10.2 Å². The molecule has 1 fully saturated rings. The summed E-state index contributed by atoms with van der Waals surface area (Å²) in [5.41, 5.74) is 3.07. The summed E-state index contributed by atoms with van der Waals surface area (Å²) >= 11 is 1.67. The number of hydrogen-bond acceptors (Lipinski definition) is 4. The number of hydrogen-bond donors (Lipinski definition) is 1. The van der Waals surface area contributed by atoms with Crippen LogP contribution in [0.2, 0.25) is 0 Å². The minimum Gasteiger partial charge on any atom is -0.309 e. The number of nitrogens with zero attached hydrogens (tertiary/aromatic N) is 2. The lowest BCUT2D eigenvalue weighted by atomic mass is 10.1. The lowest BCUT2D eigenvalue weighted by Crippen LogP contribution is -2.27. The molecule has 0 aliphatic carbocycles. The van der Waals surface area contributed by atoms with Gasteiger partial charge in [0.2, 0.25) is 0 Å². The Morgan fingerprint density at radius 3 is 3.20 bits per heavy atom. The summed E-state index contributed by atoms with van der Waals surface area (Å²) < 4.78 is 0. The van der Waals surface area contributed by atoms with Gasteiger partial charge in [0.05, 0.1) is 11.2 Å². The van der Waals surface area contributed by atoms with Crippen molar-refractivity contribution in [3.63, 3.8) is 0 Å². The molecule has 0 bridgehead atoms. The van der Waals surface area contributed by atoms with E-state index in [0.29, 0.717) is 6.04 Å². The van der Waals surface area contributed by atoms with Crippen molar-refractivity contribution in [2.24, 2.45) is 5.92 Å². The first kappa shape index (κ1) is 11.0. The average Bonchev–Trinajstić information content (AvgIpc) is 2.84. The van der Waals surface area contributed by atoms with Gasteiger partial charge in [-0.2, -0.15) is 0 Å². The van der Waals surface area contributed by atoms with E-state index in [4.69, 9.17) is 0 Å². The Labute approximate surface area is 95.5 Å². The summed E-state index contributed by atoms with van der Waals surface area (Å²) in [6.07, 6.45) is 1.33. The van der Waals surface area contributed by atoms with Crippen LogP contribution in [-0.4, -0.2) is 36.6 Å². The normalized spacial score (nSPS) is 24.5. The summed E-state index contributed by atoms with van der Waals surface area (Å²) in [7, 11) is 2.20. The molecule has 0 radical (unpaired) electrons. The monoisotopic (exact) mass is 225 g/mol. The molecule has 1 aromatic heterocycles. The van der Waals surface area contributed by atoms with Crippen molar-refractivity contribution < 1.29 is 0 Å². The van der Waals surface area contributed by atoms with Gasteiger partial charge in [-0.05, 0) is 39.4 Å². The van der Waals surface area contributed by atoms with Gasteiger partial charge in [0.1, 0.15) is 0 Å². The van der Waals surface area contributed by atoms with E-state index < -0.39 is 0 Å². The quantitative estimate of drug-likeness (QED) is 0.846. The van der Waals surface area contributed by atoms with Crippen LogP contribution in [-0.2, 0) is 0 Å². The highest BCUT2D eigenvalue weighted by molar-refractivity contribution is 7.07. The molecule has 15 heavy (non-hydrogen) atoms. The second kappa shape index (κ2) is 5.05. The Hall–Kier alpha value is -0.450. The van der Waals surface area contributed by atoms with Crippen LogP contribution in [0.15, 0.2) is 10.9 Å². The highest BCUT2D eigenvalue weighted by Crippen LogP contribution is 2.16. The van der Waals surface area contributed by atoms with E-state index in [2.05, 4.69) is 34.6 Å². The van der Waals surface area contributed by atoms with E-state index in [-0.39, 0.29) is 0 Å². The third-order valence-electron chi connectivity index (χ3n) is 3.10. The van der Waals surface area contributed by atoms with Crippen molar-refractivity contribution in [1.82, 2.24) is 15.2 Å². The molecule has 2 unspecified atom stereocenters. The van der Waals surface area contributed by atoms with Gasteiger partial charge in [0, 0.05) is 18.0 Å². The smallest absolute Gasteiger partial charge is 0.0795 e. The topological polar surface area (TPSA) is 28.2 Å². The highest BCUT2D eigenvalue weighted by Gasteiger charge is 2.19. The summed E-state index contributed by atoms with van der Waals surface area (Å²) in [4.78, 5) is 6.72. The van der Waals surface area contributed by atoms with E-state index in [1.54, 1.807) is 11.3 Å². The zero-order valence-electron chi connectivity index (χ0n) is 9.44. The van der Waals surface area contributed by atoms with Crippen LogP contribution in [0.3, 0.4) is 0 Å². The second-order valence-corrected chi connectivity index (χ2v) is 5.18. The molecule has 2 heterocycles. The molecule has 1 N–H and O–H groups in total. The van der Waals surface area contributed by atoms with E-state index in [0.717, 1.165) is 12.5 Å². The molecule has 0 amide bonds. The van der Waals surface area contributed by atoms with Crippen LogP contribution in [0.25, 0.3) is 0 Å². The molecule has 1 aliphatic heterocycles. The molecule has 2 atom stereocenters. The highest BCUT2D eigenvalue weighted by atomic mass is 32.1. The van der Waals surface area contributed by atoms with Gasteiger partial charge in [-0.3, -0.25) is 0 Å². The van der Waals surface area contributed by atoms with Crippen molar-refractivity contribution in [3.8, 4) is 0 Å². The third kappa shape index (κ3) is 3.00. The van der Waals surface area contributed by atoms with Crippen LogP contribution in [0.4, 0.5) is 0 Å². The van der Waals surface area contributed by atoms with E-state index in [1.807, 2.05) is 5.51 Å². The molecule has 1 aliphatic rings. The fourth-order valence-corrected chi connectivity index (χ4v) is 2.72. The van der Waals surface area contributed by atoms with Crippen molar-refractivity contribution in [2.45, 2.75) is 19.4 Å². The molecular formula is C11H19N3S. The molecule has 2 rings (SSSR count). The third-order valence-corrected chi connectivity index (χ3v) is 3.70. The Bertz CT molecular complexity index is 286. The molecule has 4 heteroatoms. The fraction of sp³-hybridized carbons (Fsp3) is 0.727. The molecule has 0 aromatic carbocycles. The van der Waals surface area contributed by atoms with E-state index >= 15 is 0 Å². The number of rotatable bonds is 4. The molecule has 0 saturated carbocycles. The Balaban J connectivity index is 1.74. The predicted octanol–water partition coefficient (Wildman–Crippen LogP) is 1.75. The summed E-state index contributed by atoms with van der Waals surface area (Å²) in [6, 6.07) is 0.391. The van der Waals surface area contributed by atoms with Gasteiger partial charge in [0.25, 0.3) is 0 Å². The first-order chi connectivity index (χ1) is 7.25. The Morgan fingerprint density at radius 1 is 1.73 bits per heavy atom. The average molecular weight is 225 g/mol. The summed E-state index contributed by atoms with van der Waals surface area (Å²) in [5, 5.41) is 5.69. The SMILES string of the molecule is CC(NCC1CCN(C)C1)c1cscn1. The van der Waals surface area contributed by atoms with Crippen molar-refractivity contribution in [1.29, 1.82) is 0 Å². The predicted molar refractivity (Wildman–Crippen MR) is 64.1 cm³/mol. The molecule has 1 aromatic rings. The lowest BCUT2D eigenvalue weighted by molar-refractivity contribution is 0.381. The van der Waals surface area contributed by atoms with Gasteiger partial charge >= 0.3 is 0 Å². The van der Waals surface area contributed by atoms with E-state index in [9.17, 15) is 0 Å². The van der Waals surface area contributed by atoms with Gasteiger partial charge in [-0.25, -0.2) is 4.98 Å². The lowest BCUT2D eigenvalue weighted by Gasteiger charge is -2.15. The zero-order valence-corrected chi connectivity index (χ0v) is 10.3. The number of aromatic nitrogens is 1. The minimum atomic E-state index is 0.391. The second-order valence-electron chi connectivity index (χ2n) is 4.46. The number of thiazole rings is 1. The molecular weight excluding hydrogens is 206 g/mol. The summed E-state index contributed by atoms with van der Waals surface area (Å²) in [5.74, 6) is 0.816. The first-order valence-corrected chi connectivity index (χ1v) is 6.50. The van der Waals surface area contributed by atoms with Crippen LogP contribution < -0.4 is 5.32 Å². The number of nitrogens with one attached hydrogen (secondary N) is 1. The van der Waals surface area contributed by atoms with Crippen LogP contribution >= 0.6 is 11.3 Å². The molecule has 1 saturated heterocycles. The molecule has 84 valence electrons. The Morgan fingerprint density at radius 2 is 2.60 bits per heavy atom. The van der Waals surface area contributed by atoms with Crippen molar-refractivity contribution in [3.05, 3.63) is 16.6 Å². The van der Waals surface area contributed by atoms with Crippen molar-refractivity contribution in [2.75, 3.05) is 26.7 Å². The van der Waals surface area contributed by atoms with Crippen molar-refractivity contribution >= 4 is 11.3 Å². The maximum absolute atomic E-state index is 4.32. The Kier molecular flexibility index (Phi) is 3.72. The number of likely N-dealkylation sites (tertiary alicyclic amines) is 1. The molecule has 0 spiro atoms. The van der Waals surface area contributed by atoms with E-state index in [1.165, 1.54) is 25.2 Å². The van der Waals surface area contributed by atoms with Gasteiger partial charge in [0.15, 0.2) is 0 Å². The minimum absolute atomic E-state index is 0.391. The fourth-order valence-electron chi connectivity index (χ4n) is 2.08.